The molecule has 0 aliphatic heterocycles. The van der Waals surface area contributed by atoms with Crippen molar-refractivity contribution in [2.45, 2.75) is 64.9 Å². The first-order valence-corrected chi connectivity index (χ1v) is 13.8. The van der Waals surface area contributed by atoms with Crippen LogP contribution in [0.25, 0.3) is 0 Å². The fraction of sp³-hybridized carbons (Fsp3) is 0.303. The minimum Gasteiger partial charge on any atom is -0.508 e. The Morgan fingerprint density at radius 2 is 1.59 bits per heavy atom. The predicted octanol–water partition coefficient (Wildman–Crippen LogP) is 9.02. The molecule has 5 rings (SSSR count). The molecule has 0 saturated heterocycles. The van der Waals surface area contributed by atoms with Crippen molar-refractivity contribution in [3.63, 3.8) is 0 Å². The van der Waals surface area contributed by atoms with Gasteiger partial charge < -0.3 is 9.84 Å². The van der Waals surface area contributed by atoms with E-state index in [0.29, 0.717) is 24.2 Å². The number of fused-ring (bicyclic) bond motifs is 1. The first-order valence-electron chi connectivity index (χ1n) is 13.3. The number of ether oxygens (including phenoxy) is 1. The Labute approximate surface area is 227 Å². The van der Waals surface area contributed by atoms with Crippen LogP contribution < -0.4 is 4.74 Å². The SMILES string of the molecule is CC.CC.Oc1ccc2c(c1)CCC(c1ccccc1)C2c1ccc(OCc2ccc(CCl)nc2)cc1. The second-order valence-corrected chi connectivity index (χ2v) is 8.83. The Kier molecular flexibility index (Phi) is 11.0. The van der Waals surface area contributed by atoms with E-state index >= 15 is 0 Å². The molecular weight excluding hydrogens is 478 g/mol. The normalized spacial score (nSPS) is 15.8. The van der Waals surface area contributed by atoms with Gasteiger partial charge in [0.2, 0.25) is 0 Å². The van der Waals surface area contributed by atoms with E-state index < -0.39 is 0 Å². The van der Waals surface area contributed by atoms with Gasteiger partial charge >= 0.3 is 0 Å². The zero-order valence-corrected chi connectivity index (χ0v) is 23.1. The molecule has 0 amide bonds. The van der Waals surface area contributed by atoms with E-state index in [1.165, 1.54) is 22.3 Å². The highest BCUT2D eigenvalue weighted by Crippen LogP contribution is 2.47. The van der Waals surface area contributed by atoms with Crippen LogP contribution in [0.5, 0.6) is 11.5 Å². The summed E-state index contributed by atoms with van der Waals surface area (Å²) >= 11 is 5.81. The van der Waals surface area contributed by atoms with Crippen LogP contribution in [-0.4, -0.2) is 10.1 Å². The van der Waals surface area contributed by atoms with Crippen molar-refractivity contribution in [3.8, 4) is 11.5 Å². The fourth-order valence-electron chi connectivity index (χ4n) is 4.84. The van der Waals surface area contributed by atoms with Crippen molar-refractivity contribution in [2.75, 3.05) is 0 Å². The third kappa shape index (κ3) is 7.14. The van der Waals surface area contributed by atoms with E-state index in [4.69, 9.17) is 16.3 Å². The standard InChI is InChI=1S/C29H26ClNO2.2C2H6/c30-17-24-10-6-20(18-31-24)19-33-26-12-7-22(8-13-26)29-27(21-4-2-1-3-5-21)14-9-23-16-25(32)11-15-28(23)29;2*1-2/h1-8,10-13,15-16,18,27,29,32H,9,14,17,19H2;2*1-2H3. The molecule has 0 saturated carbocycles. The van der Waals surface area contributed by atoms with Gasteiger partial charge in [-0.1, -0.05) is 82.3 Å². The first kappa shape index (κ1) is 28.3. The number of alkyl halides is 1. The number of halogens is 1. The minimum atomic E-state index is 0.234. The van der Waals surface area contributed by atoms with Gasteiger partial charge in [0.05, 0.1) is 11.6 Å². The van der Waals surface area contributed by atoms with Gasteiger partial charge in [-0.25, -0.2) is 0 Å². The molecule has 1 aliphatic carbocycles. The number of nitrogens with zero attached hydrogens (tertiary/aromatic N) is 1. The second-order valence-electron chi connectivity index (χ2n) is 8.57. The van der Waals surface area contributed by atoms with Gasteiger partial charge in [0.25, 0.3) is 0 Å². The molecule has 2 unspecified atom stereocenters. The molecule has 4 aromatic rings. The Bertz CT molecular complexity index is 1210. The van der Waals surface area contributed by atoms with Crippen molar-refractivity contribution >= 4 is 11.6 Å². The van der Waals surface area contributed by atoms with Crippen LogP contribution in [0.2, 0.25) is 0 Å². The van der Waals surface area contributed by atoms with E-state index in [2.05, 4.69) is 53.5 Å². The van der Waals surface area contributed by atoms with Crippen LogP contribution in [0.1, 0.15) is 79.5 Å². The number of phenolic OH excluding ortho intramolecular Hbond substituents is 1. The quantitative estimate of drug-likeness (QED) is 0.260. The number of pyridine rings is 1. The average molecular weight is 516 g/mol. The summed E-state index contributed by atoms with van der Waals surface area (Å²) < 4.78 is 6.00. The predicted molar refractivity (Wildman–Crippen MR) is 155 cm³/mol. The summed E-state index contributed by atoms with van der Waals surface area (Å²) in [7, 11) is 0. The summed E-state index contributed by atoms with van der Waals surface area (Å²) in [6.07, 6.45) is 3.83. The van der Waals surface area contributed by atoms with E-state index in [0.717, 1.165) is 29.8 Å². The van der Waals surface area contributed by atoms with Gasteiger partial charge in [-0.05, 0) is 71.3 Å². The van der Waals surface area contributed by atoms with Crippen molar-refractivity contribution in [1.82, 2.24) is 4.98 Å². The third-order valence-electron chi connectivity index (χ3n) is 6.48. The molecule has 194 valence electrons. The molecule has 4 heteroatoms. The molecule has 1 heterocycles. The third-order valence-corrected chi connectivity index (χ3v) is 6.76. The van der Waals surface area contributed by atoms with E-state index in [9.17, 15) is 5.11 Å². The zero-order valence-electron chi connectivity index (χ0n) is 22.3. The summed E-state index contributed by atoms with van der Waals surface area (Å²) in [4.78, 5) is 4.32. The van der Waals surface area contributed by atoms with Gasteiger partial charge in [-0.15, -0.1) is 11.6 Å². The molecule has 0 radical (unpaired) electrons. The monoisotopic (exact) mass is 515 g/mol. The fourth-order valence-corrected chi connectivity index (χ4v) is 4.99. The smallest absolute Gasteiger partial charge is 0.119 e. The number of hydrogen-bond donors (Lipinski definition) is 1. The second kappa shape index (κ2) is 14.4. The summed E-state index contributed by atoms with van der Waals surface area (Å²) in [5, 5.41) is 10.0. The molecule has 1 N–H and O–H groups in total. The summed E-state index contributed by atoms with van der Waals surface area (Å²) in [6.45, 7) is 8.47. The molecule has 0 spiro atoms. The van der Waals surface area contributed by atoms with Crippen LogP contribution in [0.15, 0.2) is 91.1 Å². The first-order chi connectivity index (χ1) is 18.2. The molecule has 2 atom stereocenters. The Balaban J connectivity index is 0.000000907. The van der Waals surface area contributed by atoms with Gasteiger partial charge in [0.15, 0.2) is 0 Å². The number of benzene rings is 3. The molecule has 3 aromatic carbocycles. The van der Waals surface area contributed by atoms with Crippen LogP contribution in [0.3, 0.4) is 0 Å². The maximum absolute atomic E-state index is 10.0. The number of aryl methyl sites for hydroxylation is 1. The Morgan fingerprint density at radius 3 is 2.24 bits per heavy atom. The molecule has 1 aromatic heterocycles. The highest BCUT2D eigenvalue weighted by atomic mass is 35.5. The van der Waals surface area contributed by atoms with Gasteiger partial charge in [-0.3, -0.25) is 4.98 Å². The lowest BCUT2D eigenvalue weighted by molar-refractivity contribution is 0.305. The summed E-state index contributed by atoms with van der Waals surface area (Å²) in [6, 6.07) is 28.9. The maximum Gasteiger partial charge on any atom is 0.119 e. The van der Waals surface area contributed by atoms with Gasteiger partial charge in [-0.2, -0.15) is 0 Å². The molecule has 0 fully saturated rings. The molecule has 3 nitrogen and oxygen atoms in total. The number of aromatic hydroxyl groups is 1. The Hall–Kier alpha value is -3.30. The number of hydrogen-bond acceptors (Lipinski definition) is 3. The van der Waals surface area contributed by atoms with E-state index in [1.54, 1.807) is 6.07 Å². The Morgan fingerprint density at radius 1 is 0.865 bits per heavy atom. The van der Waals surface area contributed by atoms with Crippen LogP contribution in [0.4, 0.5) is 0 Å². The van der Waals surface area contributed by atoms with Gasteiger partial charge in [0, 0.05) is 17.7 Å². The molecule has 0 bridgehead atoms. The number of phenols is 1. The lowest BCUT2D eigenvalue weighted by atomic mass is 9.69. The molecule has 1 aliphatic rings. The van der Waals surface area contributed by atoms with Crippen molar-refractivity contribution < 1.29 is 9.84 Å². The largest absolute Gasteiger partial charge is 0.508 e. The maximum atomic E-state index is 10.0. The van der Waals surface area contributed by atoms with E-state index in [-0.39, 0.29) is 5.92 Å². The van der Waals surface area contributed by atoms with Gasteiger partial charge in [0.1, 0.15) is 18.1 Å². The summed E-state index contributed by atoms with van der Waals surface area (Å²) in [5.74, 6) is 2.21. The highest BCUT2D eigenvalue weighted by Gasteiger charge is 2.32. The summed E-state index contributed by atoms with van der Waals surface area (Å²) in [5.41, 5.74) is 7.02. The van der Waals surface area contributed by atoms with E-state index in [1.807, 2.05) is 64.2 Å². The molecular formula is C33H38ClNO2. The van der Waals surface area contributed by atoms with Crippen LogP contribution in [0, 0.1) is 0 Å². The van der Waals surface area contributed by atoms with Crippen molar-refractivity contribution in [2.24, 2.45) is 0 Å². The minimum absolute atomic E-state index is 0.234. The van der Waals surface area contributed by atoms with Crippen molar-refractivity contribution in [1.29, 1.82) is 0 Å². The highest BCUT2D eigenvalue weighted by molar-refractivity contribution is 6.16. The number of rotatable bonds is 6. The van der Waals surface area contributed by atoms with Crippen molar-refractivity contribution in [3.05, 3.63) is 125 Å². The zero-order chi connectivity index (χ0) is 26.6. The van der Waals surface area contributed by atoms with Crippen LogP contribution in [-0.2, 0) is 18.9 Å². The van der Waals surface area contributed by atoms with Crippen LogP contribution >= 0.6 is 11.6 Å². The lowest BCUT2D eigenvalue weighted by Crippen LogP contribution is -2.20. The topological polar surface area (TPSA) is 42.4 Å². The average Bonchev–Trinajstić information content (AvgIpc) is 2.98. The number of aromatic nitrogens is 1. The lowest BCUT2D eigenvalue weighted by Gasteiger charge is -2.34. The molecule has 37 heavy (non-hydrogen) atoms.